The maximum absolute atomic E-state index is 12.3. The molecule has 0 bridgehead atoms. The molecule has 0 aliphatic rings. The lowest BCUT2D eigenvalue weighted by Crippen LogP contribution is -2.24. The first kappa shape index (κ1) is 21.1. The molecular weight excluding hydrogens is 382 g/mol. The van der Waals surface area contributed by atoms with Crippen molar-refractivity contribution in [3.8, 4) is 11.4 Å². The summed E-state index contributed by atoms with van der Waals surface area (Å²) in [5, 5.41) is 7.25. The molecule has 0 radical (unpaired) electrons. The van der Waals surface area contributed by atoms with Crippen LogP contribution in [0.25, 0.3) is 5.69 Å². The van der Waals surface area contributed by atoms with Crippen LogP contribution in [0, 0.1) is 27.7 Å². The first-order valence-corrected chi connectivity index (χ1v) is 9.61. The number of hydrogen-bond donors (Lipinski definition) is 1. The number of amides is 1. The van der Waals surface area contributed by atoms with Crippen LogP contribution < -0.4 is 10.1 Å². The number of benzene rings is 2. The fourth-order valence-electron chi connectivity index (χ4n) is 3.17. The smallest absolute Gasteiger partial charge is 0.344 e. The Labute approximate surface area is 175 Å². The number of esters is 1. The van der Waals surface area contributed by atoms with E-state index in [0.717, 1.165) is 22.5 Å². The van der Waals surface area contributed by atoms with Gasteiger partial charge in [-0.2, -0.15) is 5.10 Å². The molecule has 1 heterocycles. The fraction of sp³-hybridized carbons (Fsp3) is 0.261. The van der Waals surface area contributed by atoms with E-state index in [0.29, 0.717) is 17.1 Å². The van der Waals surface area contributed by atoms with Crippen LogP contribution in [0.5, 0.6) is 5.75 Å². The molecule has 0 aliphatic carbocycles. The monoisotopic (exact) mass is 407 g/mol. The zero-order valence-corrected chi connectivity index (χ0v) is 17.6. The van der Waals surface area contributed by atoms with Crippen LogP contribution in [0.15, 0.2) is 48.5 Å². The summed E-state index contributed by atoms with van der Waals surface area (Å²) in [6.45, 7) is 6.92. The highest BCUT2D eigenvalue weighted by atomic mass is 16.6. The molecule has 3 rings (SSSR count). The van der Waals surface area contributed by atoms with Crippen molar-refractivity contribution in [1.82, 2.24) is 9.78 Å². The fourth-order valence-corrected chi connectivity index (χ4v) is 3.17. The lowest BCUT2D eigenvalue weighted by atomic mass is 10.1. The van der Waals surface area contributed by atoms with Crippen LogP contribution in [0.2, 0.25) is 0 Å². The van der Waals surface area contributed by atoms with Crippen LogP contribution in [0.3, 0.4) is 0 Å². The molecule has 3 aromatic rings. The van der Waals surface area contributed by atoms with Crippen LogP contribution in [0.1, 0.15) is 22.5 Å². The van der Waals surface area contributed by atoms with Gasteiger partial charge in [0.1, 0.15) is 5.75 Å². The van der Waals surface area contributed by atoms with Crippen LogP contribution in [-0.4, -0.2) is 34.9 Å². The van der Waals surface area contributed by atoms with Gasteiger partial charge in [-0.3, -0.25) is 4.79 Å². The van der Waals surface area contributed by atoms with E-state index < -0.39 is 18.5 Å². The second-order valence-corrected chi connectivity index (χ2v) is 7.11. The molecule has 1 N–H and O–H groups in total. The number of nitrogens with zero attached hydrogens (tertiary/aromatic N) is 2. The summed E-state index contributed by atoms with van der Waals surface area (Å²) in [5.41, 5.74) is 5.05. The minimum Gasteiger partial charge on any atom is -0.482 e. The number of rotatable bonds is 7. The Hall–Kier alpha value is -3.61. The van der Waals surface area contributed by atoms with Gasteiger partial charge < -0.3 is 14.8 Å². The summed E-state index contributed by atoms with van der Waals surface area (Å²) in [7, 11) is 0. The molecule has 2 aromatic carbocycles. The molecule has 0 atom stereocenters. The van der Waals surface area contributed by atoms with Gasteiger partial charge in [-0.25, -0.2) is 9.48 Å². The van der Waals surface area contributed by atoms with Crippen LogP contribution >= 0.6 is 0 Å². The van der Waals surface area contributed by atoms with E-state index in [9.17, 15) is 9.59 Å². The third-order valence-electron chi connectivity index (χ3n) is 4.47. The predicted molar refractivity (Wildman–Crippen MR) is 114 cm³/mol. The molecule has 0 saturated carbocycles. The van der Waals surface area contributed by atoms with Crippen molar-refractivity contribution >= 4 is 17.6 Å². The minimum atomic E-state index is -0.613. The zero-order chi connectivity index (χ0) is 21.7. The third kappa shape index (κ3) is 5.26. The molecule has 1 aromatic heterocycles. The van der Waals surface area contributed by atoms with Crippen molar-refractivity contribution in [3.63, 3.8) is 0 Å². The highest BCUT2D eigenvalue weighted by Crippen LogP contribution is 2.22. The molecule has 0 fully saturated rings. The number of aryl methyl sites for hydroxylation is 3. The number of para-hydroxylation sites is 1. The van der Waals surface area contributed by atoms with E-state index in [1.54, 1.807) is 4.68 Å². The van der Waals surface area contributed by atoms with Gasteiger partial charge in [-0.1, -0.05) is 24.3 Å². The SMILES string of the molecule is Cc1cc(C)cc(OCC(=O)OCC(=O)Nc2c(C)nn(-c3ccccc3)c2C)c1. The lowest BCUT2D eigenvalue weighted by molar-refractivity contribution is -0.149. The summed E-state index contributed by atoms with van der Waals surface area (Å²) < 4.78 is 12.2. The summed E-state index contributed by atoms with van der Waals surface area (Å²) >= 11 is 0. The highest BCUT2D eigenvalue weighted by Gasteiger charge is 2.16. The maximum Gasteiger partial charge on any atom is 0.344 e. The first-order chi connectivity index (χ1) is 14.3. The van der Waals surface area contributed by atoms with E-state index in [1.807, 2.05) is 76.2 Å². The van der Waals surface area contributed by atoms with Crippen molar-refractivity contribution in [3.05, 3.63) is 71.0 Å². The molecule has 30 heavy (non-hydrogen) atoms. The maximum atomic E-state index is 12.3. The molecule has 0 unspecified atom stereocenters. The van der Waals surface area contributed by atoms with Gasteiger partial charge in [0.2, 0.25) is 0 Å². The average Bonchev–Trinajstić information content (AvgIpc) is 2.99. The molecule has 7 nitrogen and oxygen atoms in total. The summed E-state index contributed by atoms with van der Waals surface area (Å²) in [4.78, 5) is 24.2. The van der Waals surface area contributed by atoms with E-state index in [2.05, 4.69) is 10.4 Å². The summed E-state index contributed by atoms with van der Waals surface area (Å²) in [5.74, 6) is -0.459. The zero-order valence-electron chi connectivity index (χ0n) is 17.6. The lowest BCUT2D eigenvalue weighted by Gasteiger charge is -2.09. The Morgan fingerprint density at radius 1 is 0.967 bits per heavy atom. The summed E-state index contributed by atoms with van der Waals surface area (Å²) in [6.07, 6.45) is 0. The number of hydrogen-bond acceptors (Lipinski definition) is 5. The van der Waals surface area contributed by atoms with Crippen LogP contribution in [-0.2, 0) is 14.3 Å². The molecule has 0 spiro atoms. The van der Waals surface area contributed by atoms with E-state index in [-0.39, 0.29) is 6.61 Å². The van der Waals surface area contributed by atoms with Crippen molar-refractivity contribution in [2.24, 2.45) is 0 Å². The average molecular weight is 407 g/mol. The number of carbonyl (C=O) groups is 2. The topological polar surface area (TPSA) is 82.4 Å². The van der Waals surface area contributed by atoms with Crippen molar-refractivity contribution in [2.45, 2.75) is 27.7 Å². The molecule has 7 heteroatoms. The van der Waals surface area contributed by atoms with Gasteiger partial charge in [-0.15, -0.1) is 0 Å². The van der Waals surface area contributed by atoms with Gasteiger partial charge >= 0.3 is 5.97 Å². The van der Waals surface area contributed by atoms with Crippen LogP contribution in [0.4, 0.5) is 5.69 Å². The molecule has 156 valence electrons. The standard InChI is InChI=1S/C23H25N3O4/c1-15-10-16(2)12-20(11-15)29-14-22(28)30-13-21(27)24-23-17(3)25-26(18(23)4)19-8-6-5-7-9-19/h5-12H,13-14H2,1-4H3,(H,24,27). The van der Waals surface area contributed by atoms with Crippen molar-refractivity contribution in [1.29, 1.82) is 0 Å². The predicted octanol–water partition coefficient (Wildman–Crippen LogP) is 3.67. The number of carbonyl (C=O) groups excluding carboxylic acids is 2. The molecule has 0 aliphatic heterocycles. The van der Waals surface area contributed by atoms with E-state index >= 15 is 0 Å². The van der Waals surface area contributed by atoms with Gasteiger partial charge in [0.25, 0.3) is 5.91 Å². The normalized spacial score (nSPS) is 10.5. The Morgan fingerprint density at radius 3 is 2.30 bits per heavy atom. The Kier molecular flexibility index (Phi) is 6.51. The van der Waals surface area contributed by atoms with Crippen molar-refractivity contribution in [2.75, 3.05) is 18.5 Å². The largest absolute Gasteiger partial charge is 0.482 e. The number of nitrogens with one attached hydrogen (secondary N) is 1. The minimum absolute atomic E-state index is 0.264. The Bertz CT molecular complexity index is 1040. The second kappa shape index (κ2) is 9.26. The summed E-state index contributed by atoms with van der Waals surface area (Å²) in [6, 6.07) is 15.3. The number of aromatic nitrogens is 2. The van der Waals surface area contributed by atoms with Gasteiger partial charge in [-0.05, 0) is 63.1 Å². The first-order valence-electron chi connectivity index (χ1n) is 9.61. The third-order valence-corrected chi connectivity index (χ3v) is 4.47. The number of ether oxygens (including phenoxy) is 2. The van der Waals surface area contributed by atoms with E-state index in [1.165, 1.54) is 0 Å². The Morgan fingerprint density at radius 2 is 1.63 bits per heavy atom. The number of anilines is 1. The van der Waals surface area contributed by atoms with Gasteiger partial charge in [0.15, 0.2) is 13.2 Å². The quantitative estimate of drug-likeness (QED) is 0.605. The molecular formula is C23H25N3O4. The highest BCUT2D eigenvalue weighted by molar-refractivity contribution is 5.94. The van der Waals surface area contributed by atoms with Gasteiger partial charge in [0, 0.05) is 0 Å². The molecule has 1 amide bonds. The molecule has 0 saturated heterocycles. The van der Waals surface area contributed by atoms with Gasteiger partial charge in [0.05, 0.1) is 22.8 Å². The second-order valence-electron chi connectivity index (χ2n) is 7.11. The Balaban J connectivity index is 1.53. The van der Waals surface area contributed by atoms with E-state index in [4.69, 9.17) is 9.47 Å². The van der Waals surface area contributed by atoms with Crippen molar-refractivity contribution < 1.29 is 19.1 Å².